The molecule has 0 fully saturated rings. The van der Waals surface area contributed by atoms with Gasteiger partial charge in [0, 0.05) is 10.5 Å². The number of cyclic esters (lactones) is 1. The average molecular weight is 345 g/mol. The highest BCUT2D eigenvalue weighted by Gasteiger charge is 2.25. The molecule has 0 aliphatic carbocycles. The van der Waals surface area contributed by atoms with Crippen LogP contribution in [0.15, 0.2) is 82.3 Å². The standard InChI is InChI=1S/C21H15NO2S/c1-25-16-11-9-14(10-12-16)13-19-21(23)24-20(22-19)18-8-4-6-15-5-2-3-7-17(15)18/h2-13H,1H3/b19-13+. The van der Waals surface area contributed by atoms with Gasteiger partial charge in [-0.25, -0.2) is 9.79 Å². The Labute approximate surface area is 150 Å². The van der Waals surface area contributed by atoms with E-state index in [0.717, 1.165) is 21.9 Å². The molecule has 0 atom stereocenters. The molecule has 4 rings (SSSR count). The van der Waals surface area contributed by atoms with E-state index in [2.05, 4.69) is 4.99 Å². The molecule has 4 heteroatoms. The number of thioether (sulfide) groups is 1. The van der Waals surface area contributed by atoms with Crippen molar-refractivity contribution in [2.45, 2.75) is 4.90 Å². The van der Waals surface area contributed by atoms with Crippen LogP contribution in [0.1, 0.15) is 11.1 Å². The second-order valence-electron chi connectivity index (χ2n) is 5.64. The SMILES string of the molecule is CSc1ccc(/C=C2/N=C(c3cccc4ccccc34)OC2=O)cc1. The summed E-state index contributed by atoms with van der Waals surface area (Å²) in [6, 6.07) is 21.9. The minimum atomic E-state index is -0.420. The van der Waals surface area contributed by atoms with Crippen LogP contribution in [0.4, 0.5) is 0 Å². The first-order chi connectivity index (χ1) is 12.2. The number of fused-ring (bicyclic) bond motifs is 1. The van der Waals surface area contributed by atoms with Gasteiger partial charge in [0.05, 0.1) is 0 Å². The van der Waals surface area contributed by atoms with Gasteiger partial charge in [0.2, 0.25) is 5.90 Å². The minimum Gasteiger partial charge on any atom is -0.402 e. The molecule has 3 aromatic rings. The normalized spacial score (nSPS) is 15.5. The van der Waals surface area contributed by atoms with Gasteiger partial charge in [-0.1, -0.05) is 48.5 Å². The highest BCUT2D eigenvalue weighted by Crippen LogP contribution is 2.25. The van der Waals surface area contributed by atoms with Gasteiger partial charge in [-0.05, 0) is 46.9 Å². The van der Waals surface area contributed by atoms with Crippen LogP contribution in [-0.4, -0.2) is 18.1 Å². The molecule has 0 amide bonds. The van der Waals surface area contributed by atoms with Crippen molar-refractivity contribution in [1.29, 1.82) is 0 Å². The molecule has 0 saturated carbocycles. The molecule has 3 nitrogen and oxygen atoms in total. The molecular formula is C21H15NO2S. The summed E-state index contributed by atoms with van der Waals surface area (Å²) in [7, 11) is 0. The molecule has 3 aromatic carbocycles. The van der Waals surface area contributed by atoms with E-state index in [0.29, 0.717) is 11.6 Å². The van der Waals surface area contributed by atoms with E-state index in [4.69, 9.17) is 4.74 Å². The number of hydrogen-bond acceptors (Lipinski definition) is 4. The third-order valence-electron chi connectivity index (χ3n) is 4.06. The third-order valence-corrected chi connectivity index (χ3v) is 4.80. The van der Waals surface area contributed by atoms with Gasteiger partial charge in [0.25, 0.3) is 0 Å². The van der Waals surface area contributed by atoms with Crippen LogP contribution >= 0.6 is 11.8 Å². The van der Waals surface area contributed by atoms with E-state index in [9.17, 15) is 4.79 Å². The minimum absolute atomic E-state index is 0.319. The average Bonchev–Trinajstić information content (AvgIpc) is 3.02. The van der Waals surface area contributed by atoms with E-state index in [-0.39, 0.29) is 0 Å². The maximum atomic E-state index is 12.2. The van der Waals surface area contributed by atoms with E-state index in [1.807, 2.05) is 73.0 Å². The first-order valence-electron chi connectivity index (χ1n) is 7.89. The van der Waals surface area contributed by atoms with Crippen molar-refractivity contribution < 1.29 is 9.53 Å². The van der Waals surface area contributed by atoms with Gasteiger partial charge in [0.15, 0.2) is 5.70 Å². The second kappa shape index (κ2) is 6.57. The summed E-state index contributed by atoms with van der Waals surface area (Å²) in [6.07, 6.45) is 3.78. The van der Waals surface area contributed by atoms with E-state index < -0.39 is 5.97 Å². The van der Waals surface area contributed by atoms with Crippen molar-refractivity contribution in [3.8, 4) is 0 Å². The Morgan fingerprint density at radius 3 is 2.52 bits per heavy atom. The zero-order valence-corrected chi connectivity index (χ0v) is 14.4. The molecule has 0 spiro atoms. The van der Waals surface area contributed by atoms with Crippen molar-refractivity contribution in [2.24, 2.45) is 4.99 Å². The Hall–Kier alpha value is -2.85. The Balaban J connectivity index is 1.73. The number of carbonyl (C=O) groups is 1. The maximum Gasteiger partial charge on any atom is 0.363 e. The highest BCUT2D eigenvalue weighted by molar-refractivity contribution is 7.98. The van der Waals surface area contributed by atoms with Gasteiger partial charge in [-0.2, -0.15) is 0 Å². The Bertz CT molecular complexity index is 1010. The summed E-state index contributed by atoms with van der Waals surface area (Å²) in [5, 5.41) is 2.10. The topological polar surface area (TPSA) is 38.7 Å². The fourth-order valence-electron chi connectivity index (χ4n) is 2.79. The van der Waals surface area contributed by atoms with Gasteiger partial charge in [-0.3, -0.25) is 0 Å². The lowest BCUT2D eigenvalue weighted by atomic mass is 10.0. The summed E-state index contributed by atoms with van der Waals surface area (Å²) < 4.78 is 5.42. The van der Waals surface area contributed by atoms with Crippen molar-refractivity contribution >= 4 is 40.5 Å². The van der Waals surface area contributed by atoms with Crippen molar-refractivity contribution in [2.75, 3.05) is 6.26 Å². The Morgan fingerprint density at radius 1 is 0.960 bits per heavy atom. The number of esters is 1. The lowest BCUT2D eigenvalue weighted by Gasteiger charge is -2.04. The van der Waals surface area contributed by atoms with Crippen LogP contribution in [0.5, 0.6) is 0 Å². The first kappa shape index (κ1) is 15.7. The van der Waals surface area contributed by atoms with Gasteiger partial charge in [-0.15, -0.1) is 11.8 Å². The molecule has 0 bridgehead atoms. The van der Waals surface area contributed by atoms with Gasteiger partial charge >= 0.3 is 5.97 Å². The zero-order valence-electron chi connectivity index (χ0n) is 13.6. The van der Waals surface area contributed by atoms with Crippen LogP contribution in [0.25, 0.3) is 16.8 Å². The molecule has 0 radical (unpaired) electrons. The smallest absolute Gasteiger partial charge is 0.363 e. The van der Waals surface area contributed by atoms with Crippen molar-refractivity contribution in [3.05, 3.63) is 83.6 Å². The molecule has 25 heavy (non-hydrogen) atoms. The fourth-order valence-corrected chi connectivity index (χ4v) is 3.20. The van der Waals surface area contributed by atoms with Gasteiger partial charge in [0.1, 0.15) is 0 Å². The van der Waals surface area contributed by atoms with Crippen LogP contribution in [0.3, 0.4) is 0 Å². The molecule has 0 aromatic heterocycles. The van der Waals surface area contributed by atoms with Crippen LogP contribution in [0, 0.1) is 0 Å². The zero-order chi connectivity index (χ0) is 17.2. The number of aliphatic imine (C=N–C) groups is 1. The van der Waals surface area contributed by atoms with E-state index in [1.165, 1.54) is 4.90 Å². The molecule has 1 heterocycles. The molecular weight excluding hydrogens is 330 g/mol. The predicted molar refractivity (Wildman–Crippen MR) is 103 cm³/mol. The molecule has 0 N–H and O–H groups in total. The Morgan fingerprint density at radius 2 is 1.72 bits per heavy atom. The van der Waals surface area contributed by atoms with Crippen molar-refractivity contribution in [3.63, 3.8) is 0 Å². The number of nitrogens with zero attached hydrogens (tertiary/aromatic N) is 1. The number of rotatable bonds is 3. The fraction of sp³-hybridized carbons (Fsp3) is 0.0476. The second-order valence-corrected chi connectivity index (χ2v) is 6.52. The largest absolute Gasteiger partial charge is 0.402 e. The monoisotopic (exact) mass is 345 g/mol. The van der Waals surface area contributed by atoms with Crippen LogP contribution in [-0.2, 0) is 9.53 Å². The molecule has 122 valence electrons. The summed E-state index contributed by atoms with van der Waals surface area (Å²) in [6.45, 7) is 0. The quantitative estimate of drug-likeness (QED) is 0.385. The number of benzene rings is 3. The Kier molecular flexibility index (Phi) is 4.12. The lowest BCUT2D eigenvalue weighted by Crippen LogP contribution is -2.05. The number of carbonyl (C=O) groups excluding carboxylic acids is 1. The predicted octanol–water partition coefficient (Wildman–Crippen LogP) is 4.91. The third kappa shape index (κ3) is 3.08. The molecule has 0 saturated heterocycles. The molecule has 0 unspecified atom stereocenters. The van der Waals surface area contributed by atoms with Gasteiger partial charge < -0.3 is 4.74 Å². The highest BCUT2D eigenvalue weighted by atomic mass is 32.2. The number of ether oxygens (including phenoxy) is 1. The summed E-state index contributed by atoms with van der Waals surface area (Å²) in [5.74, 6) is -0.0642. The van der Waals surface area contributed by atoms with E-state index in [1.54, 1.807) is 17.8 Å². The van der Waals surface area contributed by atoms with Crippen LogP contribution in [0.2, 0.25) is 0 Å². The summed E-state index contributed by atoms with van der Waals surface area (Å²) >= 11 is 1.68. The lowest BCUT2D eigenvalue weighted by molar-refractivity contribution is -0.129. The van der Waals surface area contributed by atoms with Crippen molar-refractivity contribution in [1.82, 2.24) is 0 Å². The maximum absolute atomic E-state index is 12.2. The summed E-state index contributed by atoms with van der Waals surface area (Å²) in [4.78, 5) is 17.8. The van der Waals surface area contributed by atoms with E-state index >= 15 is 0 Å². The number of hydrogen-bond donors (Lipinski definition) is 0. The molecule has 1 aliphatic rings. The summed E-state index contributed by atoms with van der Waals surface area (Å²) in [5.41, 5.74) is 2.07. The molecule has 1 aliphatic heterocycles. The first-order valence-corrected chi connectivity index (χ1v) is 9.12. The van der Waals surface area contributed by atoms with Crippen LogP contribution < -0.4 is 0 Å².